The number of nitrogens with zero attached hydrogens (tertiary/aromatic N) is 1. The minimum Gasteiger partial charge on any atom is -0.349 e. The zero-order valence-electron chi connectivity index (χ0n) is 8.23. The number of aromatic nitrogens is 1. The summed E-state index contributed by atoms with van der Waals surface area (Å²) >= 11 is 0. The second-order valence-electron chi connectivity index (χ2n) is 3.05. The maximum Gasteiger partial charge on any atom is 0.237 e. The molecule has 1 rings (SSSR count). The smallest absolute Gasteiger partial charge is 0.237 e. The Labute approximate surface area is 83.5 Å². The van der Waals surface area contributed by atoms with Gasteiger partial charge in [0.1, 0.15) is 0 Å². The number of nitrogens with one attached hydrogen (secondary N) is 1. The summed E-state index contributed by atoms with van der Waals surface area (Å²) in [6, 6.07) is 5.16. The van der Waals surface area contributed by atoms with Gasteiger partial charge in [0, 0.05) is 6.20 Å². The number of rotatable bonds is 4. The van der Waals surface area contributed by atoms with Crippen molar-refractivity contribution >= 4 is 5.91 Å². The van der Waals surface area contributed by atoms with Crippen molar-refractivity contribution in [3.05, 3.63) is 30.1 Å². The molecule has 0 saturated heterocycles. The number of carbonyl (C=O) groups excluding carboxylic acids is 1. The molecule has 1 aromatic rings. The summed E-state index contributed by atoms with van der Waals surface area (Å²) in [5, 5.41) is 2.72. The Bertz CT molecular complexity index is 287. The van der Waals surface area contributed by atoms with Crippen LogP contribution in [0, 0.1) is 0 Å². The highest BCUT2D eigenvalue weighted by Gasteiger charge is 2.09. The van der Waals surface area contributed by atoms with E-state index in [0.717, 1.165) is 5.69 Å². The van der Waals surface area contributed by atoms with Crippen LogP contribution < -0.4 is 11.1 Å². The maximum absolute atomic E-state index is 11.3. The summed E-state index contributed by atoms with van der Waals surface area (Å²) < 4.78 is 0. The summed E-state index contributed by atoms with van der Waals surface area (Å²) in [5.41, 5.74) is 6.39. The molecular weight excluding hydrogens is 178 g/mol. The van der Waals surface area contributed by atoms with Gasteiger partial charge in [-0.1, -0.05) is 13.0 Å². The summed E-state index contributed by atoms with van der Waals surface area (Å²) in [6.07, 6.45) is 2.34. The third kappa shape index (κ3) is 3.14. The van der Waals surface area contributed by atoms with Gasteiger partial charge in [-0.15, -0.1) is 0 Å². The van der Waals surface area contributed by atoms with Gasteiger partial charge in [-0.2, -0.15) is 0 Å². The van der Waals surface area contributed by atoms with E-state index in [4.69, 9.17) is 5.73 Å². The van der Waals surface area contributed by atoms with E-state index < -0.39 is 6.04 Å². The van der Waals surface area contributed by atoms with Crippen LogP contribution in [0.5, 0.6) is 0 Å². The van der Waals surface area contributed by atoms with Crippen molar-refractivity contribution in [1.29, 1.82) is 0 Å². The Balaban J connectivity index is 2.38. The standard InChI is InChI=1S/C10H15N3O/c1-2-9(11)10(14)13-7-8-5-3-4-6-12-8/h3-6,9H,2,7,11H2,1H3,(H,13,14). The highest BCUT2D eigenvalue weighted by Crippen LogP contribution is 1.93. The first kappa shape index (κ1) is 10.7. The minimum atomic E-state index is -0.418. The van der Waals surface area contributed by atoms with Crippen molar-refractivity contribution < 1.29 is 4.79 Å². The first-order valence-electron chi connectivity index (χ1n) is 4.67. The van der Waals surface area contributed by atoms with E-state index in [0.29, 0.717) is 13.0 Å². The second-order valence-corrected chi connectivity index (χ2v) is 3.05. The average molecular weight is 193 g/mol. The molecule has 0 fully saturated rings. The van der Waals surface area contributed by atoms with Crippen molar-refractivity contribution in [2.75, 3.05) is 0 Å². The zero-order valence-corrected chi connectivity index (χ0v) is 8.23. The Morgan fingerprint density at radius 1 is 1.64 bits per heavy atom. The lowest BCUT2D eigenvalue weighted by Crippen LogP contribution is -2.39. The monoisotopic (exact) mass is 193 g/mol. The molecule has 4 heteroatoms. The number of hydrogen-bond donors (Lipinski definition) is 2. The molecule has 0 bridgehead atoms. The second kappa shape index (κ2) is 5.34. The van der Waals surface area contributed by atoms with Gasteiger partial charge in [0.05, 0.1) is 18.3 Å². The van der Waals surface area contributed by atoms with E-state index in [2.05, 4.69) is 10.3 Å². The van der Waals surface area contributed by atoms with E-state index in [1.165, 1.54) is 0 Å². The van der Waals surface area contributed by atoms with Crippen LogP contribution in [0.1, 0.15) is 19.0 Å². The van der Waals surface area contributed by atoms with Crippen LogP contribution in [0.2, 0.25) is 0 Å². The van der Waals surface area contributed by atoms with Crippen LogP contribution >= 0.6 is 0 Å². The van der Waals surface area contributed by atoms with E-state index >= 15 is 0 Å². The van der Waals surface area contributed by atoms with Crippen LogP contribution in [-0.2, 0) is 11.3 Å². The first-order valence-corrected chi connectivity index (χ1v) is 4.67. The molecule has 4 nitrogen and oxygen atoms in total. The Morgan fingerprint density at radius 3 is 3.00 bits per heavy atom. The molecule has 0 aliphatic heterocycles. The molecule has 0 radical (unpaired) electrons. The SMILES string of the molecule is CCC(N)C(=O)NCc1ccccn1. The fraction of sp³-hybridized carbons (Fsp3) is 0.400. The van der Waals surface area contributed by atoms with Gasteiger partial charge in [-0.3, -0.25) is 9.78 Å². The van der Waals surface area contributed by atoms with E-state index in [-0.39, 0.29) is 5.91 Å². The molecule has 1 unspecified atom stereocenters. The van der Waals surface area contributed by atoms with Gasteiger partial charge in [0.15, 0.2) is 0 Å². The van der Waals surface area contributed by atoms with Crippen LogP contribution in [0.25, 0.3) is 0 Å². The molecule has 1 atom stereocenters. The molecule has 1 aromatic heterocycles. The van der Waals surface area contributed by atoms with Gasteiger partial charge in [0.25, 0.3) is 0 Å². The fourth-order valence-corrected chi connectivity index (χ4v) is 0.997. The van der Waals surface area contributed by atoms with Crippen LogP contribution in [0.15, 0.2) is 24.4 Å². The lowest BCUT2D eigenvalue weighted by molar-refractivity contribution is -0.122. The molecule has 76 valence electrons. The third-order valence-electron chi connectivity index (χ3n) is 1.95. The molecule has 0 aliphatic rings. The lowest BCUT2D eigenvalue weighted by atomic mass is 10.2. The van der Waals surface area contributed by atoms with Crippen LogP contribution in [-0.4, -0.2) is 16.9 Å². The number of nitrogens with two attached hydrogens (primary N) is 1. The quantitative estimate of drug-likeness (QED) is 0.729. The number of amides is 1. The van der Waals surface area contributed by atoms with Gasteiger partial charge in [-0.05, 0) is 18.6 Å². The van der Waals surface area contributed by atoms with Crippen molar-refractivity contribution in [3.63, 3.8) is 0 Å². The normalized spacial score (nSPS) is 12.1. The Morgan fingerprint density at radius 2 is 2.43 bits per heavy atom. The summed E-state index contributed by atoms with van der Waals surface area (Å²) in [4.78, 5) is 15.4. The average Bonchev–Trinajstić information content (AvgIpc) is 2.26. The molecule has 1 heterocycles. The molecular formula is C10H15N3O. The van der Waals surface area contributed by atoms with Crippen LogP contribution in [0.4, 0.5) is 0 Å². The van der Waals surface area contributed by atoms with Crippen molar-refractivity contribution in [1.82, 2.24) is 10.3 Å². The Hall–Kier alpha value is -1.42. The predicted molar refractivity (Wildman–Crippen MR) is 54.4 cm³/mol. The molecule has 14 heavy (non-hydrogen) atoms. The predicted octanol–water partition coefficient (Wildman–Crippen LogP) is 0.435. The van der Waals surface area contributed by atoms with E-state index in [1.807, 2.05) is 25.1 Å². The highest BCUT2D eigenvalue weighted by molar-refractivity contribution is 5.81. The van der Waals surface area contributed by atoms with Crippen molar-refractivity contribution in [2.24, 2.45) is 5.73 Å². The highest BCUT2D eigenvalue weighted by atomic mass is 16.2. The fourth-order valence-electron chi connectivity index (χ4n) is 0.997. The third-order valence-corrected chi connectivity index (χ3v) is 1.95. The topological polar surface area (TPSA) is 68.0 Å². The molecule has 3 N–H and O–H groups in total. The first-order chi connectivity index (χ1) is 6.74. The van der Waals surface area contributed by atoms with E-state index in [1.54, 1.807) is 6.20 Å². The van der Waals surface area contributed by atoms with Crippen LogP contribution in [0.3, 0.4) is 0 Å². The van der Waals surface area contributed by atoms with Crippen molar-refractivity contribution in [2.45, 2.75) is 25.9 Å². The summed E-state index contributed by atoms with van der Waals surface area (Å²) in [7, 11) is 0. The van der Waals surface area contributed by atoms with Gasteiger partial charge in [-0.25, -0.2) is 0 Å². The maximum atomic E-state index is 11.3. The number of hydrogen-bond acceptors (Lipinski definition) is 3. The summed E-state index contributed by atoms with van der Waals surface area (Å²) in [5.74, 6) is -0.127. The molecule has 0 saturated carbocycles. The number of pyridine rings is 1. The minimum absolute atomic E-state index is 0.127. The lowest BCUT2D eigenvalue weighted by Gasteiger charge is -2.09. The molecule has 1 amide bonds. The van der Waals surface area contributed by atoms with Gasteiger partial charge >= 0.3 is 0 Å². The van der Waals surface area contributed by atoms with Gasteiger partial charge in [0.2, 0.25) is 5.91 Å². The molecule has 0 aliphatic carbocycles. The van der Waals surface area contributed by atoms with E-state index in [9.17, 15) is 4.79 Å². The summed E-state index contributed by atoms with van der Waals surface area (Å²) in [6.45, 7) is 2.32. The largest absolute Gasteiger partial charge is 0.349 e. The Kier molecular flexibility index (Phi) is 4.07. The zero-order chi connectivity index (χ0) is 10.4. The van der Waals surface area contributed by atoms with Crippen molar-refractivity contribution in [3.8, 4) is 0 Å². The number of carbonyl (C=O) groups is 1. The molecule has 0 spiro atoms. The van der Waals surface area contributed by atoms with Gasteiger partial charge < -0.3 is 11.1 Å². The molecule has 0 aromatic carbocycles.